The maximum Gasteiger partial charge on any atom is 0.306 e. The summed E-state index contributed by atoms with van der Waals surface area (Å²) in [5.41, 5.74) is 0. The summed E-state index contributed by atoms with van der Waals surface area (Å²) in [6.07, 6.45) is -0.0365. The molecule has 158 valence electrons. The lowest BCUT2D eigenvalue weighted by molar-refractivity contribution is -0.151. The van der Waals surface area contributed by atoms with E-state index >= 15 is 0 Å². The fourth-order valence-electron chi connectivity index (χ4n) is 2.88. The number of nitrogens with one attached hydrogen (secondary N) is 2. The monoisotopic (exact) mass is 384 g/mol. The molecular weight excluding hydrogens is 344 g/mol. The van der Waals surface area contributed by atoms with Crippen molar-refractivity contribution in [2.24, 2.45) is 11.8 Å². The van der Waals surface area contributed by atoms with Crippen molar-refractivity contribution < 1.29 is 19.1 Å². The number of esters is 1. The van der Waals surface area contributed by atoms with Gasteiger partial charge in [0.15, 0.2) is 11.6 Å². The standard InChI is InChI=1S/C21H40N2O4/c1-12(2)20(25)17(22-14(5)6)10-11-18(24)27-16(9)19(23-15(7)8)21(26)13(3)4/h12-17,19,22-23H,10-11H2,1-9H3/t16-,17+,19+/m1/s1. The van der Waals surface area contributed by atoms with Crippen LogP contribution in [0.3, 0.4) is 0 Å². The molecule has 3 atom stereocenters. The van der Waals surface area contributed by atoms with E-state index in [-0.39, 0.29) is 53.9 Å². The van der Waals surface area contributed by atoms with Crippen LogP contribution in [0, 0.1) is 11.8 Å². The van der Waals surface area contributed by atoms with Gasteiger partial charge in [-0.1, -0.05) is 55.4 Å². The third-order valence-corrected chi connectivity index (χ3v) is 4.26. The fourth-order valence-corrected chi connectivity index (χ4v) is 2.88. The highest BCUT2D eigenvalue weighted by Crippen LogP contribution is 2.12. The van der Waals surface area contributed by atoms with Crippen LogP contribution < -0.4 is 10.6 Å². The molecule has 0 heterocycles. The van der Waals surface area contributed by atoms with E-state index in [2.05, 4.69) is 10.6 Å². The topological polar surface area (TPSA) is 84.5 Å². The molecule has 0 saturated carbocycles. The maximum absolute atomic E-state index is 12.4. The van der Waals surface area contributed by atoms with Crippen molar-refractivity contribution in [1.29, 1.82) is 0 Å². The number of hydrogen-bond acceptors (Lipinski definition) is 6. The number of rotatable bonds is 13. The van der Waals surface area contributed by atoms with Crippen molar-refractivity contribution in [1.82, 2.24) is 10.6 Å². The van der Waals surface area contributed by atoms with Gasteiger partial charge in [-0.15, -0.1) is 0 Å². The molecule has 6 nitrogen and oxygen atoms in total. The Kier molecular flexibility index (Phi) is 11.7. The van der Waals surface area contributed by atoms with Crippen molar-refractivity contribution >= 4 is 17.5 Å². The van der Waals surface area contributed by atoms with E-state index in [4.69, 9.17) is 4.74 Å². The third kappa shape index (κ3) is 10.0. The van der Waals surface area contributed by atoms with Crippen LogP contribution in [0.15, 0.2) is 0 Å². The first-order chi connectivity index (χ1) is 12.4. The molecule has 0 bridgehead atoms. The first-order valence-corrected chi connectivity index (χ1v) is 10.2. The highest BCUT2D eigenvalue weighted by molar-refractivity contribution is 5.87. The van der Waals surface area contributed by atoms with Crippen LogP contribution >= 0.6 is 0 Å². The fraction of sp³-hybridized carbons (Fsp3) is 0.857. The van der Waals surface area contributed by atoms with Crippen LogP contribution in [0.5, 0.6) is 0 Å². The van der Waals surface area contributed by atoms with Gasteiger partial charge in [-0.3, -0.25) is 14.4 Å². The van der Waals surface area contributed by atoms with Crippen molar-refractivity contribution in [3.8, 4) is 0 Å². The first kappa shape index (κ1) is 25.7. The molecular formula is C21H40N2O4. The Morgan fingerprint density at radius 1 is 0.741 bits per heavy atom. The molecule has 0 rings (SSSR count). The van der Waals surface area contributed by atoms with Crippen molar-refractivity contribution in [2.75, 3.05) is 0 Å². The smallest absolute Gasteiger partial charge is 0.306 e. The normalized spacial score (nSPS) is 15.3. The van der Waals surface area contributed by atoms with E-state index < -0.39 is 12.1 Å². The molecule has 6 heteroatoms. The largest absolute Gasteiger partial charge is 0.461 e. The Hall–Kier alpha value is -1.27. The quantitative estimate of drug-likeness (QED) is 0.475. The van der Waals surface area contributed by atoms with Gasteiger partial charge in [-0.05, 0) is 13.3 Å². The molecule has 0 aromatic carbocycles. The molecule has 0 saturated heterocycles. The summed E-state index contributed by atoms with van der Waals surface area (Å²) in [4.78, 5) is 37.1. The first-order valence-electron chi connectivity index (χ1n) is 10.2. The molecule has 0 amide bonds. The molecule has 0 radical (unpaired) electrons. The molecule has 27 heavy (non-hydrogen) atoms. The molecule has 0 aliphatic rings. The van der Waals surface area contributed by atoms with Gasteiger partial charge in [0.05, 0.1) is 6.04 Å². The van der Waals surface area contributed by atoms with Crippen LogP contribution in [0.25, 0.3) is 0 Å². The van der Waals surface area contributed by atoms with Gasteiger partial charge in [0.2, 0.25) is 0 Å². The summed E-state index contributed by atoms with van der Waals surface area (Å²) < 4.78 is 5.52. The average Bonchev–Trinajstić information content (AvgIpc) is 2.54. The van der Waals surface area contributed by atoms with Gasteiger partial charge < -0.3 is 15.4 Å². The second kappa shape index (κ2) is 12.2. The minimum absolute atomic E-state index is 0.0262. The summed E-state index contributed by atoms with van der Waals surface area (Å²) in [6.45, 7) is 17.0. The van der Waals surface area contributed by atoms with E-state index in [0.29, 0.717) is 6.42 Å². The summed E-state index contributed by atoms with van der Waals surface area (Å²) in [7, 11) is 0. The zero-order valence-corrected chi connectivity index (χ0v) is 18.6. The third-order valence-electron chi connectivity index (χ3n) is 4.26. The molecule has 0 spiro atoms. The lowest BCUT2D eigenvalue weighted by Crippen LogP contribution is -2.50. The molecule has 0 aliphatic heterocycles. The van der Waals surface area contributed by atoms with Crippen LogP contribution in [0.2, 0.25) is 0 Å². The van der Waals surface area contributed by atoms with Crippen LogP contribution in [-0.4, -0.2) is 47.8 Å². The van der Waals surface area contributed by atoms with Gasteiger partial charge in [0.1, 0.15) is 12.1 Å². The summed E-state index contributed by atoms with van der Waals surface area (Å²) in [6, 6.07) is -0.649. The average molecular weight is 385 g/mol. The van der Waals surface area contributed by atoms with Crippen molar-refractivity contribution in [3.63, 3.8) is 0 Å². The zero-order chi connectivity index (χ0) is 21.3. The predicted octanol–water partition coefficient (Wildman–Crippen LogP) is 2.88. The molecule has 0 fully saturated rings. The number of hydrogen-bond donors (Lipinski definition) is 2. The number of Topliss-reactive ketones (excluding diaryl/α,β-unsaturated/α-hetero) is 2. The van der Waals surface area contributed by atoms with E-state index in [1.807, 2.05) is 55.4 Å². The van der Waals surface area contributed by atoms with E-state index in [9.17, 15) is 14.4 Å². The Balaban J connectivity index is 4.87. The van der Waals surface area contributed by atoms with Crippen molar-refractivity contribution in [3.05, 3.63) is 0 Å². The van der Waals surface area contributed by atoms with Crippen LogP contribution in [0.4, 0.5) is 0 Å². The van der Waals surface area contributed by atoms with Crippen LogP contribution in [0.1, 0.15) is 75.2 Å². The lowest BCUT2D eigenvalue weighted by atomic mass is 9.96. The number of ketones is 2. The molecule has 2 N–H and O–H groups in total. The number of carbonyl (C=O) groups is 3. The maximum atomic E-state index is 12.4. The summed E-state index contributed by atoms with van der Waals surface area (Å²) >= 11 is 0. The number of carbonyl (C=O) groups excluding carboxylic acids is 3. The highest BCUT2D eigenvalue weighted by Gasteiger charge is 2.30. The van der Waals surface area contributed by atoms with Gasteiger partial charge in [-0.2, -0.15) is 0 Å². The van der Waals surface area contributed by atoms with Crippen LogP contribution in [-0.2, 0) is 19.1 Å². The highest BCUT2D eigenvalue weighted by atomic mass is 16.5. The Labute approximate surface area is 165 Å². The van der Waals surface area contributed by atoms with E-state index in [0.717, 1.165) is 0 Å². The van der Waals surface area contributed by atoms with Crippen molar-refractivity contribution in [2.45, 2.75) is 105 Å². The summed E-state index contributed by atoms with van der Waals surface area (Å²) in [5, 5.41) is 6.42. The van der Waals surface area contributed by atoms with Gasteiger partial charge in [-0.25, -0.2) is 0 Å². The van der Waals surface area contributed by atoms with Gasteiger partial charge >= 0.3 is 5.97 Å². The van der Waals surface area contributed by atoms with Gasteiger partial charge in [0.25, 0.3) is 0 Å². The minimum atomic E-state index is -0.563. The number of ether oxygens (including phenoxy) is 1. The van der Waals surface area contributed by atoms with Gasteiger partial charge in [0, 0.05) is 30.3 Å². The molecule has 0 aliphatic carbocycles. The molecule has 0 aromatic rings. The lowest BCUT2D eigenvalue weighted by Gasteiger charge is -2.27. The SMILES string of the molecule is CC(C)N[C@@H](CCC(=O)O[C@H](C)[C@H](NC(C)C)C(=O)C(C)C)C(=O)C(C)C. The second-order valence-electron chi connectivity index (χ2n) is 8.52. The van der Waals surface area contributed by atoms with E-state index in [1.165, 1.54) is 0 Å². The minimum Gasteiger partial charge on any atom is -0.461 e. The Morgan fingerprint density at radius 3 is 1.63 bits per heavy atom. The Morgan fingerprint density at radius 2 is 1.22 bits per heavy atom. The summed E-state index contributed by atoms with van der Waals surface area (Å²) in [5.74, 6) is -0.510. The molecule has 0 aromatic heterocycles. The molecule has 0 unspecified atom stereocenters. The zero-order valence-electron chi connectivity index (χ0n) is 18.6. The predicted molar refractivity (Wildman–Crippen MR) is 109 cm³/mol. The second-order valence-corrected chi connectivity index (χ2v) is 8.52. The van der Waals surface area contributed by atoms with E-state index in [1.54, 1.807) is 6.92 Å². The Bertz CT molecular complexity index is 487.